The Hall–Kier alpha value is -2.21. The first-order chi connectivity index (χ1) is 8.68. The van der Waals surface area contributed by atoms with Gasteiger partial charge in [0.2, 0.25) is 0 Å². The molecular weight excluding hydrogens is 254 g/mol. The van der Waals surface area contributed by atoms with Gasteiger partial charge < -0.3 is 4.57 Å². The van der Waals surface area contributed by atoms with Crippen LogP contribution in [0.1, 0.15) is 0 Å². The van der Waals surface area contributed by atoms with Crippen molar-refractivity contribution in [3.63, 3.8) is 0 Å². The maximum absolute atomic E-state index is 12.2. The second-order valence-corrected chi connectivity index (χ2v) is 4.12. The summed E-state index contributed by atoms with van der Waals surface area (Å²) in [5.74, 6) is 0. The zero-order chi connectivity index (χ0) is 12.7. The van der Waals surface area contributed by atoms with Crippen LogP contribution in [-0.4, -0.2) is 24.3 Å². The molecule has 0 saturated carbocycles. The average molecular weight is 262 g/mol. The van der Waals surface area contributed by atoms with Crippen LogP contribution in [0.3, 0.4) is 0 Å². The van der Waals surface area contributed by atoms with Crippen LogP contribution in [0.2, 0.25) is 5.15 Å². The minimum absolute atomic E-state index is 0.224. The van der Waals surface area contributed by atoms with E-state index in [4.69, 9.17) is 11.6 Å². The molecule has 0 bridgehead atoms. The first-order valence-electron chi connectivity index (χ1n) is 5.19. The number of nitrogens with zero attached hydrogens (tertiary/aromatic N) is 5. The summed E-state index contributed by atoms with van der Waals surface area (Å²) in [5.41, 5.74) is 1.16. The fourth-order valence-corrected chi connectivity index (χ4v) is 1.93. The van der Waals surface area contributed by atoms with Gasteiger partial charge in [-0.2, -0.15) is 9.78 Å². The number of rotatable bonds is 1. The Morgan fingerprint density at radius 3 is 2.94 bits per heavy atom. The van der Waals surface area contributed by atoms with E-state index < -0.39 is 0 Å². The zero-order valence-electron chi connectivity index (χ0n) is 9.41. The highest BCUT2D eigenvalue weighted by Gasteiger charge is 2.11. The minimum atomic E-state index is -0.317. The van der Waals surface area contributed by atoms with Gasteiger partial charge in [0.25, 0.3) is 5.56 Å². The summed E-state index contributed by atoms with van der Waals surface area (Å²) in [6.07, 6.45) is 4.70. The average Bonchev–Trinajstić information content (AvgIpc) is 2.74. The van der Waals surface area contributed by atoms with Crippen molar-refractivity contribution in [2.75, 3.05) is 0 Å². The predicted molar refractivity (Wildman–Crippen MR) is 66.9 cm³/mol. The first-order valence-corrected chi connectivity index (χ1v) is 5.56. The first kappa shape index (κ1) is 10.9. The van der Waals surface area contributed by atoms with E-state index in [1.807, 2.05) is 0 Å². The molecule has 3 heterocycles. The summed E-state index contributed by atoms with van der Waals surface area (Å²) in [7, 11) is 1.80. The normalized spacial score (nSPS) is 11.0. The quantitative estimate of drug-likeness (QED) is 0.617. The van der Waals surface area contributed by atoms with Crippen molar-refractivity contribution in [1.29, 1.82) is 0 Å². The molecule has 0 fully saturated rings. The summed E-state index contributed by atoms with van der Waals surface area (Å²) >= 11 is 5.95. The Labute approximate surface area is 106 Å². The van der Waals surface area contributed by atoms with Crippen molar-refractivity contribution < 1.29 is 0 Å². The molecule has 3 rings (SSSR count). The number of hydrogen-bond acceptors (Lipinski definition) is 4. The van der Waals surface area contributed by atoms with Crippen molar-refractivity contribution in [1.82, 2.24) is 24.3 Å². The molecule has 0 aliphatic carbocycles. The standard InChI is InChI=1S/C11H8ClN5O/c1-16-6-14-9-8(16)5-15-17(11(9)18)7-3-2-4-13-10(7)12/h2-6H,1H3. The van der Waals surface area contributed by atoms with Gasteiger partial charge in [0.05, 0.1) is 18.0 Å². The van der Waals surface area contributed by atoms with Crippen LogP contribution in [0.15, 0.2) is 35.6 Å². The molecule has 0 aliphatic rings. The molecule has 0 spiro atoms. The largest absolute Gasteiger partial charge is 0.332 e. The molecule has 3 aromatic heterocycles. The van der Waals surface area contributed by atoms with Crippen molar-refractivity contribution in [2.45, 2.75) is 0 Å². The Balaban J connectivity index is 2.35. The smallest absolute Gasteiger partial charge is 0.299 e. The van der Waals surface area contributed by atoms with Crippen molar-refractivity contribution in [3.05, 3.63) is 46.4 Å². The predicted octanol–water partition coefficient (Wildman–Crippen LogP) is 1.17. The van der Waals surface area contributed by atoms with E-state index in [0.717, 1.165) is 0 Å². The molecule has 6 nitrogen and oxygen atoms in total. The summed E-state index contributed by atoms with van der Waals surface area (Å²) in [5, 5.41) is 4.31. The Bertz CT molecular complexity index is 791. The van der Waals surface area contributed by atoms with E-state index >= 15 is 0 Å². The molecule has 0 aromatic carbocycles. The number of aryl methyl sites for hydroxylation is 1. The number of halogens is 1. The molecule has 0 N–H and O–H groups in total. The van der Waals surface area contributed by atoms with Gasteiger partial charge in [-0.1, -0.05) is 11.6 Å². The number of aromatic nitrogens is 5. The molecule has 0 amide bonds. The number of hydrogen-bond donors (Lipinski definition) is 0. The minimum Gasteiger partial charge on any atom is -0.332 e. The third-order valence-electron chi connectivity index (χ3n) is 2.64. The van der Waals surface area contributed by atoms with Gasteiger partial charge >= 0.3 is 0 Å². The number of pyridine rings is 1. The molecule has 0 radical (unpaired) electrons. The lowest BCUT2D eigenvalue weighted by atomic mass is 10.4. The van der Waals surface area contributed by atoms with E-state index in [2.05, 4.69) is 15.1 Å². The lowest BCUT2D eigenvalue weighted by Gasteiger charge is -2.05. The highest BCUT2D eigenvalue weighted by molar-refractivity contribution is 6.31. The number of imidazole rings is 1. The summed E-state index contributed by atoms with van der Waals surface area (Å²) in [4.78, 5) is 20.2. The van der Waals surface area contributed by atoms with Crippen molar-refractivity contribution in [2.24, 2.45) is 7.05 Å². The van der Waals surface area contributed by atoms with Crippen LogP contribution in [-0.2, 0) is 7.05 Å². The molecule has 0 unspecified atom stereocenters. The molecule has 3 aromatic rings. The lowest BCUT2D eigenvalue weighted by molar-refractivity contribution is 0.810. The monoisotopic (exact) mass is 261 g/mol. The van der Waals surface area contributed by atoms with E-state index in [0.29, 0.717) is 16.7 Å². The van der Waals surface area contributed by atoms with Gasteiger partial charge in [0.1, 0.15) is 5.69 Å². The topological polar surface area (TPSA) is 65.6 Å². The fourth-order valence-electron chi connectivity index (χ4n) is 1.73. The Kier molecular flexibility index (Phi) is 2.38. The van der Waals surface area contributed by atoms with Gasteiger partial charge in [0, 0.05) is 13.2 Å². The molecule has 0 aliphatic heterocycles. The van der Waals surface area contributed by atoms with Crippen LogP contribution in [0.4, 0.5) is 0 Å². The van der Waals surface area contributed by atoms with E-state index in [9.17, 15) is 4.79 Å². The molecule has 7 heteroatoms. The SMILES string of the molecule is Cn1cnc2c(=O)n(-c3cccnc3Cl)ncc21. The van der Waals surface area contributed by atoms with Crippen molar-refractivity contribution >= 4 is 22.6 Å². The van der Waals surface area contributed by atoms with Crippen molar-refractivity contribution in [3.8, 4) is 5.69 Å². The Morgan fingerprint density at radius 1 is 1.33 bits per heavy atom. The molecule has 90 valence electrons. The highest BCUT2D eigenvalue weighted by Crippen LogP contribution is 2.15. The third-order valence-corrected chi connectivity index (χ3v) is 2.93. The third kappa shape index (κ3) is 1.50. The maximum Gasteiger partial charge on any atom is 0.299 e. The van der Waals surface area contributed by atoms with Crippen LogP contribution in [0.5, 0.6) is 0 Å². The summed E-state index contributed by atoms with van der Waals surface area (Å²) in [6.45, 7) is 0. The molecule has 18 heavy (non-hydrogen) atoms. The number of fused-ring (bicyclic) bond motifs is 1. The van der Waals surface area contributed by atoms with Crippen LogP contribution < -0.4 is 5.56 Å². The zero-order valence-corrected chi connectivity index (χ0v) is 10.2. The van der Waals surface area contributed by atoms with Crippen LogP contribution in [0, 0.1) is 0 Å². The molecule has 0 atom stereocenters. The van der Waals surface area contributed by atoms with E-state index in [1.165, 1.54) is 4.68 Å². The Morgan fingerprint density at radius 2 is 2.17 bits per heavy atom. The second kappa shape index (κ2) is 3.92. The van der Waals surface area contributed by atoms with Gasteiger partial charge in [-0.05, 0) is 12.1 Å². The van der Waals surface area contributed by atoms with Gasteiger partial charge in [-0.25, -0.2) is 9.97 Å². The van der Waals surface area contributed by atoms with Gasteiger partial charge in [-0.15, -0.1) is 0 Å². The molecular formula is C11H8ClN5O. The second-order valence-electron chi connectivity index (χ2n) is 3.76. The highest BCUT2D eigenvalue weighted by atomic mass is 35.5. The van der Waals surface area contributed by atoms with E-state index in [-0.39, 0.29) is 10.7 Å². The van der Waals surface area contributed by atoms with Crippen LogP contribution >= 0.6 is 11.6 Å². The van der Waals surface area contributed by atoms with E-state index in [1.54, 1.807) is 42.5 Å². The maximum atomic E-state index is 12.2. The summed E-state index contributed by atoms with van der Waals surface area (Å²) < 4.78 is 2.93. The van der Waals surface area contributed by atoms with Gasteiger partial charge in [0.15, 0.2) is 10.7 Å². The summed E-state index contributed by atoms with van der Waals surface area (Å²) in [6, 6.07) is 3.37. The fraction of sp³-hybridized carbons (Fsp3) is 0.0909. The lowest BCUT2D eigenvalue weighted by Crippen LogP contribution is -2.21. The van der Waals surface area contributed by atoms with Gasteiger partial charge in [-0.3, -0.25) is 4.79 Å². The van der Waals surface area contributed by atoms with Crippen LogP contribution in [0.25, 0.3) is 16.7 Å². The molecule has 0 saturated heterocycles.